The zero-order valence-corrected chi connectivity index (χ0v) is 22.7. The van der Waals surface area contributed by atoms with E-state index in [9.17, 15) is 13.8 Å². The molecule has 38 heavy (non-hydrogen) atoms. The third kappa shape index (κ3) is 5.37. The van der Waals surface area contributed by atoms with E-state index in [1.165, 1.54) is 0 Å². The Bertz CT molecular complexity index is 1500. The highest BCUT2D eigenvalue weighted by Crippen LogP contribution is 2.43. The van der Waals surface area contributed by atoms with Crippen LogP contribution in [0.3, 0.4) is 0 Å². The average molecular weight is 548 g/mol. The fourth-order valence-electron chi connectivity index (χ4n) is 4.74. The molecule has 196 valence electrons. The lowest BCUT2D eigenvalue weighted by Crippen LogP contribution is -2.20. The highest BCUT2D eigenvalue weighted by atomic mass is 32.2. The third-order valence-corrected chi connectivity index (χ3v) is 9.24. The molecule has 1 fully saturated rings. The number of nitrogens with one attached hydrogen (secondary N) is 1. The van der Waals surface area contributed by atoms with Gasteiger partial charge in [-0.05, 0) is 70.6 Å². The molecule has 0 saturated carbocycles. The number of benzene rings is 3. The quantitative estimate of drug-likeness (QED) is 0.248. The molecule has 2 amide bonds. The summed E-state index contributed by atoms with van der Waals surface area (Å²) in [7, 11) is -2.58. The smallest absolute Gasteiger partial charge is 0.286 e. The van der Waals surface area contributed by atoms with Gasteiger partial charge in [0.15, 0.2) is 0 Å². The second-order valence-corrected chi connectivity index (χ2v) is 12.4. The first-order valence-corrected chi connectivity index (χ1v) is 15.2. The molecule has 0 aromatic heterocycles. The highest BCUT2D eigenvalue weighted by molar-refractivity contribution is 8.15. The Morgan fingerprint density at radius 2 is 1.71 bits per heavy atom. The maximum atomic E-state index is 13.6. The van der Waals surface area contributed by atoms with E-state index in [0.717, 1.165) is 63.1 Å². The molecule has 8 heteroatoms. The maximum Gasteiger partial charge on any atom is 0.286 e. The van der Waals surface area contributed by atoms with Gasteiger partial charge in [0, 0.05) is 31.8 Å². The number of carbonyl (C=O) groups is 2. The zero-order chi connectivity index (χ0) is 26.7. The molecule has 0 aliphatic carbocycles. The largest absolute Gasteiger partial charge is 0.493 e. The summed E-state index contributed by atoms with van der Waals surface area (Å²) in [6, 6.07) is 21.2. The van der Waals surface area contributed by atoms with Gasteiger partial charge in [-0.3, -0.25) is 19.1 Å². The van der Waals surface area contributed by atoms with Gasteiger partial charge >= 0.3 is 0 Å². The molecule has 2 aliphatic rings. The molecular formula is C30H29NO5S2. The van der Waals surface area contributed by atoms with E-state index in [4.69, 9.17) is 9.47 Å². The van der Waals surface area contributed by atoms with Crippen molar-refractivity contribution in [3.8, 4) is 11.5 Å². The maximum absolute atomic E-state index is 13.6. The van der Waals surface area contributed by atoms with E-state index in [1.54, 1.807) is 24.3 Å². The normalized spacial score (nSPS) is 20.1. The number of fused-ring (bicyclic) bond motifs is 1. The predicted octanol–water partition coefficient (Wildman–Crippen LogP) is 5.99. The van der Waals surface area contributed by atoms with Crippen LogP contribution in [0, 0.1) is 0 Å². The van der Waals surface area contributed by atoms with Gasteiger partial charge in [0.25, 0.3) is 5.24 Å². The minimum absolute atomic E-state index is 0.290. The minimum Gasteiger partial charge on any atom is -0.493 e. The van der Waals surface area contributed by atoms with Crippen LogP contribution in [0.25, 0.3) is 5.57 Å². The van der Waals surface area contributed by atoms with Gasteiger partial charge in [0.05, 0.1) is 13.2 Å². The monoisotopic (exact) mass is 547 g/mol. The molecule has 2 unspecified atom stereocenters. The molecule has 3 aromatic rings. The molecule has 0 bridgehead atoms. The molecule has 1 N–H and O–H groups in total. The lowest BCUT2D eigenvalue weighted by Gasteiger charge is -2.17. The van der Waals surface area contributed by atoms with Crippen LogP contribution in [-0.2, 0) is 20.7 Å². The minimum atomic E-state index is -2.58. The van der Waals surface area contributed by atoms with Crippen molar-refractivity contribution >= 4 is 43.9 Å². The number of hydrogen-bond acceptors (Lipinski definition) is 6. The van der Waals surface area contributed by atoms with Gasteiger partial charge in [0.2, 0.25) is 5.91 Å². The third-order valence-electron chi connectivity index (χ3n) is 6.43. The summed E-state index contributed by atoms with van der Waals surface area (Å²) < 4.78 is 25.6. The molecule has 2 atom stereocenters. The van der Waals surface area contributed by atoms with Crippen LogP contribution in [0.15, 0.2) is 77.0 Å². The van der Waals surface area contributed by atoms with Crippen molar-refractivity contribution in [2.75, 3.05) is 13.2 Å². The van der Waals surface area contributed by atoms with Crippen molar-refractivity contribution in [2.24, 2.45) is 0 Å². The van der Waals surface area contributed by atoms with Crippen LogP contribution in [-0.4, -0.2) is 34.4 Å². The van der Waals surface area contributed by atoms with Gasteiger partial charge in [-0.15, -0.1) is 0 Å². The van der Waals surface area contributed by atoms with E-state index >= 15 is 0 Å². The molecule has 0 spiro atoms. The molecular weight excluding hydrogens is 518 g/mol. The van der Waals surface area contributed by atoms with Crippen molar-refractivity contribution in [3.05, 3.63) is 94.4 Å². The number of imide groups is 1. The van der Waals surface area contributed by atoms with Gasteiger partial charge in [-0.2, -0.15) is 0 Å². The topological polar surface area (TPSA) is 81.7 Å². The molecule has 3 aromatic carbocycles. The Hall–Kier alpha value is -3.49. The molecule has 5 rings (SSSR count). The van der Waals surface area contributed by atoms with Gasteiger partial charge in [0.1, 0.15) is 16.7 Å². The van der Waals surface area contributed by atoms with Crippen LogP contribution in [0.5, 0.6) is 11.5 Å². The standard InChI is InChI=1S/C30H29NO5S2/c1-3-8-24-26(16-15-23-25(19-38(2,34)28(23)24)20-9-5-4-6-10-20)36-18-7-17-35-22-13-11-21(12-14-22)27-29(32)31-30(33)37-27/h4-6,9-16,19,27H,2-3,7-8,17-18H2,1H3,(H,31,32,33). The van der Waals surface area contributed by atoms with Crippen LogP contribution < -0.4 is 14.8 Å². The van der Waals surface area contributed by atoms with Gasteiger partial charge in [-0.1, -0.05) is 55.8 Å². The van der Waals surface area contributed by atoms with Crippen molar-refractivity contribution in [3.63, 3.8) is 0 Å². The zero-order valence-electron chi connectivity index (χ0n) is 21.1. The van der Waals surface area contributed by atoms with E-state index in [-0.39, 0.29) is 11.1 Å². The lowest BCUT2D eigenvalue weighted by molar-refractivity contribution is -0.119. The van der Waals surface area contributed by atoms with Crippen LogP contribution >= 0.6 is 11.8 Å². The van der Waals surface area contributed by atoms with Crippen molar-refractivity contribution in [2.45, 2.75) is 36.3 Å². The van der Waals surface area contributed by atoms with Gasteiger partial charge < -0.3 is 9.47 Å². The lowest BCUT2D eigenvalue weighted by atomic mass is 9.96. The van der Waals surface area contributed by atoms with Crippen LogP contribution in [0.4, 0.5) is 4.79 Å². The Kier molecular flexibility index (Phi) is 7.63. The van der Waals surface area contributed by atoms with Gasteiger partial charge in [-0.25, -0.2) is 0 Å². The fraction of sp³-hybridized carbons (Fsp3) is 0.233. The second kappa shape index (κ2) is 11.1. The molecule has 0 radical (unpaired) electrons. The molecule has 2 aliphatic heterocycles. The average Bonchev–Trinajstić information content (AvgIpc) is 3.40. The van der Waals surface area contributed by atoms with E-state index in [2.05, 4.69) is 18.1 Å². The summed E-state index contributed by atoms with van der Waals surface area (Å²) in [5, 5.41) is 3.27. The number of rotatable bonds is 10. The number of hydrogen-bond donors (Lipinski definition) is 1. The highest BCUT2D eigenvalue weighted by Gasteiger charge is 2.33. The Labute approximate surface area is 227 Å². The first-order valence-electron chi connectivity index (χ1n) is 12.5. The SMILES string of the molecule is C=S1(=O)C=C(c2ccccc2)c2ccc(OCCCOc3ccc(C4SC(=O)NC4=O)cc3)c(CCC)c21. The number of thioether (sulfide) groups is 1. The summed E-state index contributed by atoms with van der Waals surface area (Å²) in [4.78, 5) is 24.1. The van der Waals surface area contributed by atoms with Crippen LogP contribution in [0.2, 0.25) is 0 Å². The summed E-state index contributed by atoms with van der Waals surface area (Å²) in [6.07, 6.45) is 2.32. The van der Waals surface area contributed by atoms with Crippen LogP contribution in [0.1, 0.15) is 47.3 Å². The van der Waals surface area contributed by atoms with E-state index in [0.29, 0.717) is 25.4 Å². The summed E-state index contributed by atoms with van der Waals surface area (Å²) in [5.74, 6) is 5.23. The molecule has 2 heterocycles. The molecule has 6 nitrogen and oxygen atoms in total. The molecule has 1 saturated heterocycles. The Balaban J connectivity index is 1.22. The van der Waals surface area contributed by atoms with E-state index < -0.39 is 14.8 Å². The summed E-state index contributed by atoms with van der Waals surface area (Å²) >= 11 is 0.983. The predicted molar refractivity (Wildman–Crippen MR) is 153 cm³/mol. The Morgan fingerprint density at radius 1 is 0.974 bits per heavy atom. The second-order valence-electron chi connectivity index (χ2n) is 9.19. The van der Waals surface area contributed by atoms with E-state index in [1.807, 2.05) is 47.9 Å². The van der Waals surface area contributed by atoms with Crippen molar-refractivity contribution in [1.82, 2.24) is 5.32 Å². The number of carbonyl (C=O) groups excluding carboxylic acids is 2. The number of amides is 2. The number of ether oxygens (including phenoxy) is 2. The first kappa shape index (κ1) is 26.1. The first-order chi connectivity index (χ1) is 18.4. The fourth-order valence-corrected chi connectivity index (χ4v) is 7.50. The van der Waals surface area contributed by atoms with Crippen molar-refractivity contribution in [1.29, 1.82) is 0 Å². The summed E-state index contributed by atoms with van der Waals surface area (Å²) in [6.45, 7) is 3.01. The summed E-state index contributed by atoms with van der Waals surface area (Å²) in [5.41, 5.74) is 4.69. The Morgan fingerprint density at radius 3 is 2.39 bits per heavy atom. The van der Waals surface area contributed by atoms with Crippen molar-refractivity contribution < 1.29 is 23.3 Å².